The van der Waals surface area contributed by atoms with Crippen LogP contribution in [-0.4, -0.2) is 75.7 Å². The second-order valence-corrected chi connectivity index (χ2v) is 16.1. The first-order valence-electron chi connectivity index (χ1n) is 19.9. The lowest BCUT2D eigenvalue weighted by molar-refractivity contribution is -0.253. The number of carbonyl (C=O) groups is 4. The fourth-order valence-corrected chi connectivity index (χ4v) is 7.74. The summed E-state index contributed by atoms with van der Waals surface area (Å²) in [4.78, 5) is 55.2. The summed E-state index contributed by atoms with van der Waals surface area (Å²) in [6.07, 6.45) is 0.0318. The number of esters is 1. The molecule has 4 aromatic rings. The minimum absolute atomic E-state index is 0.0491. The first-order chi connectivity index (χ1) is 27.9. The van der Waals surface area contributed by atoms with Crippen molar-refractivity contribution in [2.75, 3.05) is 13.1 Å². The Bertz CT molecular complexity index is 2080. The SMILES string of the molecule is CC(C)(C)OC(=O)[C@@H]1CCCN1C[C@@H]1C[C@H](c2ccc(CO)cc2)O[C@H](c2cccc(-c3cccc(CN4C(=O)CC(NC(=O)OCc5ccccc5)C4=O)c3)c2)O1. The summed E-state index contributed by atoms with van der Waals surface area (Å²) in [5, 5.41) is 12.2. The number of imide groups is 1. The predicted molar refractivity (Wildman–Crippen MR) is 214 cm³/mol. The number of carbonyl (C=O) groups excluding carboxylic acids is 4. The molecule has 304 valence electrons. The molecule has 0 radical (unpaired) electrons. The second kappa shape index (κ2) is 18.0. The summed E-state index contributed by atoms with van der Waals surface area (Å²) in [7, 11) is 0. The number of amides is 3. The Hall–Kier alpha value is -5.40. The van der Waals surface area contributed by atoms with Gasteiger partial charge >= 0.3 is 12.1 Å². The van der Waals surface area contributed by atoms with Crippen LogP contribution in [0.2, 0.25) is 0 Å². The Balaban J connectivity index is 1.04. The molecule has 58 heavy (non-hydrogen) atoms. The number of likely N-dealkylation sites (tertiary alicyclic amines) is 2. The molecule has 0 saturated carbocycles. The minimum Gasteiger partial charge on any atom is -0.459 e. The van der Waals surface area contributed by atoms with Crippen LogP contribution in [0.3, 0.4) is 0 Å². The van der Waals surface area contributed by atoms with Gasteiger partial charge in [-0.1, -0.05) is 91.0 Å². The van der Waals surface area contributed by atoms with E-state index in [0.717, 1.165) is 58.3 Å². The fourth-order valence-electron chi connectivity index (χ4n) is 7.74. The summed E-state index contributed by atoms with van der Waals surface area (Å²) in [5.41, 5.74) is 5.34. The molecule has 7 rings (SSSR count). The zero-order valence-electron chi connectivity index (χ0n) is 33.2. The fraction of sp³-hybridized carbons (Fsp3) is 0.391. The Kier molecular flexibility index (Phi) is 12.7. The topological polar surface area (TPSA) is 144 Å². The van der Waals surface area contributed by atoms with Crippen LogP contribution in [0.15, 0.2) is 103 Å². The van der Waals surface area contributed by atoms with Crippen LogP contribution in [0.5, 0.6) is 0 Å². The van der Waals surface area contributed by atoms with Gasteiger partial charge in [-0.15, -0.1) is 0 Å². The molecule has 3 saturated heterocycles. The molecular weight excluding hydrogens is 739 g/mol. The van der Waals surface area contributed by atoms with E-state index in [1.807, 2.05) is 124 Å². The maximum Gasteiger partial charge on any atom is 0.408 e. The molecule has 2 N–H and O–H groups in total. The zero-order valence-corrected chi connectivity index (χ0v) is 33.2. The van der Waals surface area contributed by atoms with Crippen LogP contribution < -0.4 is 5.32 Å². The Morgan fingerprint density at radius 2 is 1.57 bits per heavy atom. The quantitative estimate of drug-likeness (QED) is 0.117. The molecule has 1 unspecified atom stereocenters. The molecular formula is C46H51N3O9. The van der Waals surface area contributed by atoms with Crippen molar-refractivity contribution in [3.63, 3.8) is 0 Å². The number of rotatable bonds is 12. The van der Waals surface area contributed by atoms with E-state index in [0.29, 0.717) is 13.0 Å². The molecule has 0 aromatic heterocycles. The highest BCUT2D eigenvalue weighted by atomic mass is 16.7. The van der Waals surface area contributed by atoms with Crippen molar-refractivity contribution >= 4 is 23.9 Å². The molecule has 0 bridgehead atoms. The molecule has 0 spiro atoms. The van der Waals surface area contributed by atoms with E-state index in [9.17, 15) is 24.3 Å². The third-order valence-corrected chi connectivity index (χ3v) is 10.6. The van der Waals surface area contributed by atoms with Gasteiger partial charge in [-0.05, 0) is 85.7 Å². The van der Waals surface area contributed by atoms with Gasteiger partial charge in [0, 0.05) is 18.5 Å². The molecule has 5 atom stereocenters. The number of aliphatic hydroxyl groups excluding tert-OH is 1. The lowest BCUT2D eigenvalue weighted by atomic mass is 9.98. The van der Waals surface area contributed by atoms with Crippen molar-refractivity contribution in [3.8, 4) is 11.1 Å². The highest BCUT2D eigenvalue weighted by Crippen LogP contribution is 2.40. The van der Waals surface area contributed by atoms with Gasteiger partial charge in [0.2, 0.25) is 5.91 Å². The van der Waals surface area contributed by atoms with Gasteiger partial charge in [-0.3, -0.25) is 24.2 Å². The Morgan fingerprint density at radius 1 is 0.845 bits per heavy atom. The summed E-state index contributed by atoms with van der Waals surface area (Å²) >= 11 is 0. The maximum absolute atomic E-state index is 13.3. The van der Waals surface area contributed by atoms with Crippen LogP contribution in [0.4, 0.5) is 4.79 Å². The van der Waals surface area contributed by atoms with Crippen molar-refractivity contribution in [1.82, 2.24) is 15.1 Å². The lowest BCUT2D eigenvalue weighted by Gasteiger charge is -2.38. The van der Waals surface area contributed by atoms with Gasteiger partial charge in [0.05, 0.1) is 31.8 Å². The molecule has 3 heterocycles. The van der Waals surface area contributed by atoms with Crippen molar-refractivity contribution in [3.05, 3.63) is 131 Å². The smallest absolute Gasteiger partial charge is 0.408 e. The van der Waals surface area contributed by atoms with Crippen LogP contribution >= 0.6 is 0 Å². The summed E-state index contributed by atoms with van der Waals surface area (Å²) < 4.78 is 24.4. The molecule has 4 aromatic carbocycles. The molecule has 3 aliphatic rings. The van der Waals surface area contributed by atoms with Crippen LogP contribution in [-0.2, 0) is 53.1 Å². The molecule has 12 nitrogen and oxygen atoms in total. The van der Waals surface area contributed by atoms with Crippen LogP contribution in [0.25, 0.3) is 11.1 Å². The van der Waals surface area contributed by atoms with Crippen LogP contribution in [0.1, 0.15) is 86.7 Å². The number of nitrogens with zero attached hydrogens (tertiary/aromatic N) is 2. The first kappa shape index (κ1) is 40.8. The average molecular weight is 790 g/mol. The number of alkyl carbamates (subject to hydrolysis) is 1. The van der Waals surface area contributed by atoms with Gasteiger partial charge in [-0.2, -0.15) is 0 Å². The van der Waals surface area contributed by atoms with Gasteiger partial charge in [-0.25, -0.2) is 4.79 Å². The van der Waals surface area contributed by atoms with E-state index in [-0.39, 0.29) is 56.3 Å². The molecule has 3 fully saturated rings. The van der Waals surface area contributed by atoms with E-state index >= 15 is 0 Å². The normalized spacial score (nSPS) is 22.6. The van der Waals surface area contributed by atoms with Crippen molar-refractivity contribution in [1.29, 1.82) is 0 Å². The number of nitrogens with one attached hydrogen (secondary N) is 1. The monoisotopic (exact) mass is 789 g/mol. The lowest BCUT2D eigenvalue weighted by Crippen LogP contribution is -2.45. The largest absolute Gasteiger partial charge is 0.459 e. The number of benzene rings is 4. The molecule has 3 amide bonds. The zero-order chi connectivity index (χ0) is 40.8. The average Bonchev–Trinajstić information content (AvgIpc) is 3.79. The van der Waals surface area contributed by atoms with Crippen molar-refractivity contribution < 1.29 is 43.2 Å². The standard InChI is InChI=1S/C46H51N3O9/c1-46(2,3)58-43(53)39-16-9-21-48(39)27-37-24-40(33-19-17-30(28-50)18-20-33)57-44(56-37)36-15-8-14-35(23-36)34-13-7-12-32(22-34)26-49-41(51)25-38(42(49)52)47-45(54)55-29-31-10-5-4-6-11-31/h4-8,10-15,17-20,22-23,37-40,44,50H,9,16,21,24-29H2,1-3H3,(H,47,54)/t37-,38?,39-,40+,44+/m0/s1. The third kappa shape index (κ3) is 10.2. The molecule has 0 aliphatic carbocycles. The van der Waals surface area contributed by atoms with Gasteiger partial charge in [0.15, 0.2) is 6.29 Å². The second-order valence-electron chi connectivity index (χ2n) is 16.1. The van der Waals surface area contributed by atoms with E-state index in [2.05, 4.69) is 10.2 Å². The van der Waals surface area contributed by atoms with E-state index in [1.165, 1.54) is 4.90 Å². The summed E-state index contributed by atoms with van der Waals surface area (Å²) in [6.45, 7) is 7.00. The summed E-state index contributed by atoms with van der Waals surface area (Å²) in [5.74, 6) is -1.07. The van der Waals surface area contributed by atoms with Crippen molar-refractivity contribution in [2.45, 2.75) is 102 Å². The predicted octanol–water partition coefficient (Wildman–Crippen LogP) is 6.75. The first-order valence-corrected chi connectivity index (χ1v) is 19.9. The van der Waals surface area contributed by atoms with Crippen LogP contribution in [0, 0.1) is 0 Å². The van der Waals surface area contributed by atoms with Gasteiger partial charge < -0.3 is 29.4 Å². The third-order valence-electron chi connectivity index (χ3n) is 10.6. The molecule has 3 aliphatic heterocycles. The highest BCUT2D eigenvalue weighted by Gasteiger charge is 2.41. The van der Waals surface area contributed by atoms with E-state index in [1.54, 1.807) is 0 Å². The number of ether oxygens (including phenoxy) is 4. The number of hydrogen-bond donors (Lipinski definition) is 2. The molecule has 12 heteroatoms. The maximum atomic E-state index is 13.3. The Morgan fingerprint density at radius 3 is 2.31 bits per heavy atom. The van der Waals surface area contributed by atoms with Crippen molar-refractivity contribution in [2.24, 2.45) is 0 Å². The number of aliphatic hydroxyl groups is 1. The number of hydrogen-bond acceptors (Lipinski definition) is 10. The van der Waals surface area contributed by atoms with Gasteiger partial charge in [0.25, 0.3) is 5.91 Å². The minimum atomic E-state index is -1.000. The highest BCUT2D eigenvalue weighted by molar-refractivity contribution is 6.06. The Labute approximate surface area is 339 Å². The van der Waals surface area contributed by atoms with E-state index in [4.69, 9.17) is 18.9 Å². The van der Waals surface area contributed by atoms with E-state index < -0.39 is 29.9 Å². The summed E-state index contributed by atoms with van der Waals surface area (Å²) in [6, 6.07) is 31.2. The van der Waals surface area contributed by atoms with Gasteiger partial charge in [0.1, 0.15) is 24.3 Å².